The van der Waals surface area contributed by atoms with E-state index in [9.17, 15) is 0 Å². The summed E-state index contributed by atoms with van der Waals surface area (Å²) in [4.78, 5) is 4.94. The number of hydrogen-bond donors (Lipinski definition) is 0. The van der Waals surface area contributed by atoms with Crippen molar-refractivity contribution in [1.82, 2.24) is 9.55 Å². The number of oxazole rings is 1. The molecule has 0 bridgehead atoms. The zero-order valence-corrected chi connectivity index (χ0v) is 26.0. The molecule has 0 aliphatic carbocycles. The Bertz CT molecular complexity index is 2790. The van der Waals surface area contributed by atoms with Gasteiger partial charge in [-0.05, 0) is 89.0 Å². The number of benzene rings is 7. The van der Waals surface area contributed by atoms with Crippen molar-refractivity contribution in [3.8, 4) is 39.4 Å². The third-order valence-corrected chi connectivity index (χ3v) is 10.4. The van der Waals surface area contributed by atoms with Crippen LogP contribution in [0, 0.1) is 0 Å². The summed E-state index contributed by atoms with van der Waals surface area (Å²) in [6.07, 6.45) is 0. The standard InChI is InChI=1S/C43H26N2OS/c1-3-10-27(11-4-1)30-18-20-38-34(23-30)35-25-40-37(44-43(46-40)28-12-5-2-6-13-28)26-39(35)45(38)32-15-9-14-29(22-32)31-19-21-42-36(24-31)33-16-7-8-17-41(33)47-42/h1-26H. The molecule has 0 fully saturated rings. The molecule has 0 radical (unpaired) electrons. The van der Waals surface area contributed by atoms with Crippen LogP contribution in [0.2, 0.25) is 0 Å². The van der Waals surface area contributed by atoms with Crippen molar-refractivity contribution in [3.05, 3.63) is 158 Å². The molecule has 0 atom stereocenters. The van der Waals surface area contributed by atoms with Crippen molar-refractivity contribution in [1.29, 1.82) is 0 Å². The fourth-order valence-corrected chi connectivity index (χ4v) is 8.05. The number of aromatic nitrogens is 2. The largest absolute Gasteiger partial charge is 0.436 e. The van der Waals surface area contributed by atoms with Crippen LogP contribution in [0.4, 0.5) is 0 Å². The SMILES string of the molecule is c1ccc(-c2ccc3c(c2)c2cc4oc(-c5ccccc5)nc4cc2n3-c2cccc(-c3ccc4sc5ccccc5c4c3)c2)cc1. The maximum Gasteiger partial charge on any atom is 0.227 e. The van der Waals surface area contributed by atoms with Gasteiger partial charge < -0.3 is 8.98 Å². The lowest BCUT2D eigenvalue weighted by Crippen LogP contribution is -1.94. The molecule has 10 rings (SSSR count). The van der Waals surface area contributed by atoms with Crippen LogP contribution in [0.3, 0.4) is 0 Å². The molecule has 220 valence electrons. The molecule has 0 aliphatic rings. The average molecular weight is 619 g/mol. The van der Waals surface area contributed by atoms with Crippen molar-refractivity contribution in [2.45, 2.75) is 0 Å². The molecule has 3 aromatic heterocycles. The Kier molecular flexibility index (Phi) is 5.74. The Morgan fingerprint density at radius 1 is 0.447 bits per heavy atom. The molecular weight excluding hydrogens is 593 g/mol. The van der Waals surface area contributed by atoms with E-state index in [0.717, 1.165) is 38.8 Å². The Labute approximate surface area is 274 Å². The quantitative estimate of drug-likeness (QED) is 0.196. The van der Waals surface area contributed by atoms with Crippen LogP contribution in [-0.4, -0.2) is 9.55 Å². The normalized spacial score (nSPS) is 11.8. The van der Waals surface area contributed by atoms with Crippen LogP contribution in [0.15, 0.2) is 162 Å². The summed E-state index contributed by atoms with van der Waals surface area (Å²) < 4.78 is 11.4. The summed E-state index contributed by atoms with van der Waals surface area (Å²) in [6.45, 7) is 0. The van der Waals surface area contributed by atoms with Crippen LogP contribution in [-0.2, 0) is 0 Å². The zero-order chi connectivity index (χ0) is 30.9. The van der Waals surface area contributed by atoms with E-state index >= 15 is 0 Å². The van der Waals surface area contributed by atoms with E-state index in [1.54, 1.807) is 0 Å². The zero-order valence-electron chi connectivity index (χ0n) is 25.2. The highest BCUT2D eigenvalue weighted by Gasteiger charge is 2.18. The van der Waals surface area contributed by atoms with Gasteiger partial charge >= 0.3 is 0 Å². The van der Waals surface area contributed by atoms with Crippen molar-refractivity contribution >= 4 is 64.4 Å². The van der Waals surface area contributed by atoms with Gasteiger partial charge in [-0.2, -0.15) is 0 Å². The Balaban J connectivity index is 1.20. The van der Waals surface area contributed by atoms with E-state index in [4.69, 9.17) is 9.40 Å². The van der Waals surface area contributed by atoms with Gasteiger partial charge in [0.15, 0.2) is 5.58 Å². The first kappa shape index (κ1) is 26.3. The molecule has 0 saturated heterocycles. The first-order valence-corrected chi connectivity index (χ1v) is 16.6. The van der Waals surface area contributed by atoms with Crippen molar-refractivity contribution in [2.75, 3.05) is 0 Å². The van der Waals surface area contributed by atoms with Crippen LogP contribution in [0.1, 0.15) is 0 Å². The predicted molar refractivity (Wildman–Crippen MR) is 198 cm³/mol. The van der Waals surface area contributed by atoms with Gasteiger partial charge in [-0.25, -0.2) is 4.98 Å². The summed E-state index contributed by atoms with van der Waals surface area (Å²) in [5.74, 6) is 0.632. The van der Waals surface area contributed by atoms with E-state index in [1.165, 1.54) is 47.8 Å². The third-order valence-electron chi connectivity index (χ3n) is 9.22. The second kappa shape index (κ2) is 10.3. The van der Waals surface area contributed by atoms with Crippen molar-refractivity contribution in [3.63, 3.8) is 0 Å². The smallest absolute Gasteiger partial charge is 0.227 e. The minimum Gasteiger partial charge on any atom is -0.436 e. The van der Waals surface area contributed by atoms with Crippen molar-refractivity contribution < 1.29 is 4.42 Å². The molecule has 3 heterocycles. The molecule has 47 heavy (non-hydrogen) atoms. The molecule has 0 amide bonds. The van der Waals surface area contributed by atoms with Gasteiger partial charge in [0.05, 0.1) is 11.0 Å². The van der Waals surface area contributed by atoms with Gasteiger partial charge in [0.1, 0.15) is 5.52 Å². The first-order valence-electron chi connectivity index (χ1n) is 15.8. The molecule has 0 saturated carbocycles. The summed E-state index contributed by atoms with van der Waals surface area (Å²) >= 11 is 1.85. The molecule has 0 N–H and O–H groups in total. The molecule has 0 unspecified atom stereocenters. The van der Waals surface area contributed by atoms with Gasteiger partial charge in [0.25, 0.3) is 0 Å². The average Bonchev–Trinajstić information content (AvgIpc) is 3.82. The number of rotatable bonds is 4. The summed E-state index contributed by atoms with van der Waals surface area (Å²) in [6, 6.07) is 56.2. The number of hydrogen-bond acceptors (Lipinski definition) is 3. The molecule has 4 heteroatoms. The monoisotopic (exact) mass is 618 g/mol. The Morgan fingerprint density at radius 3 is 1.98 bits per heavy atom. The van der Waals surface area contributed by atoms with E-state index in [2.05, 4.69) is 132 Å². The van der Waals surface area contributed by atoms with Crippen LogP contribution in [0.5, 0.6) is 0 Å². The number of thiophene rings is 1. The Morgan fingerprint density at radius 2 is 1.11 bits per heavy atom. The highest BCUT2D eigenvalue weighted by atomic mass is 32.1. The second-order valence-electron chi connectivity index (χ2n) is 12.0. The minimum absolute atomic E-state index is 0.632. The fourth-order valence-electron chi connectivity index (χ4n) is 6.96. The fraction of sp³-hybridized carbons (Fsp3) is 0. The van der Waals surface area contributed by atoms with E-state index in [-0.39, 0.29) is 0 Å². The molecule has 10 aromatic rings. The van der Waals surface area contributed by atoms with Crippen LogP contribution in [0.25, 0.3) is 92.5 Å². The molecular formula is C43H26N2OS. The Hall–Kier alpha value is -5.97. The molecule has 3 nitrogen and oxygen atoms in total. The van der Waals surface area contributed by atoms with Gasteiger partial charge in [0.2, 0.25) is 5.89 Å². The predicted octanol–water partition coefficient (Wildman–Crippen LogP) is 12.3. The van der Waals surface area contributed by atoms with Gasteiger partial charge in [-0.1, -0.05) is 91.0 Å². The highest BCUT2D eigenvalue weighted by Crippen LogP contribution is 2.40. The summed E-state index contributed by atoms with van der Waals surface area (Å²) in [5.41, 5.74) is 10.7. The summed E-state index contributed by atoms with van der Waals surface area (Å²) in [5, 5.41) is 4.94. The second-order valence-corrected chi connectivity index (χ2v) is 13.1. The topological polar surface area (TPSA) is 31.0 Å². The molecule has 7 aromatic carbocycles. The van der Waals surface area contributed by atoms with Crippen LogP contribution < -0.4 is 0 Å². The van der Waals surface area contributed by atoms with Gasteiger partial charge in [0, 0.05) is 42.2 Å². The van der Waals surface area contributed by atoms with E-state index in [1.807, 2.05) is 41.7 Å². The van der Waals surface area contributed by atoms with E-state index in [0.29, 0.717) is 5.89 Å². The van der Waals surface area contributed by atoms with Gasteiger partial charge in [-0.15, -0.1) is 11.3 Å². The molecule has 0 spiro atoms. The maximum absolute atomic E-state index is 6.36. The lowest BCUT2D eigenvalue weighted by molar-refractivity contribution is 0.620. The third kappa shape index (κ3) is 4.23. The van der Waals surface area contributed by atoms with Crippen molar-refractivity contribution in [2.24, 2.45) is 0 Å². The summed E-state index contributed by atoms with van der Waals surface area (Å²) in [7, 11) is 0. The van der Waals surface area contributed by atoms with Crippen LogP contribution >= 0.6 is 11.3 Å². The van der Waals surface area contributed by atoms with E-state index < -0.39 is 0 Å². The number of fused-ring (bicyclic) bond motifs is 7. The minimum atomic E-state index is 0.632. The highest BCUT2D eigenvalue weighted by molar-refractivity contribution is 7.25. The number of nitrogens with zero attached hydrogens (tertiary/aromatic N) is 2. The first-order chi connectivity index (χ1) is 23.3. The molecule has 0 aliphatic heterocycles. The van der Waals surface area contributed by atoms with Gasteiger partial charge in [-0.3, -0.25) is 0 Å². The lowest BCUT2D eigenvalue weighted by Gasteiger charge is -2.11. The lowest BCUT2D eigenvalue weighted by atomic mass is 10.0. The maximum atomic E-state index is 6.36.